The van der Waals surface area contributed by atoms with Crippen molar-refractivity contribution < 1.29 is 23.8 Å². The van der Waals surface area contributed by atoms with Gasteiger partial charge in [-0.1, -0.05) is 36.1 Å². The lowest BCUT2D eigenvalue weighted by Crippen LogP contribution is -2.27. The molecule has 9 heteroatoms. The SMILES string of the molecule is CCOc1ccc(NC(=O)COc2ccc(/C=C3\SC(=S)N(c4ccc(C)c(C)c4)C3=O)cc2OCC)cc1. The van der Waals surface area contributed by atoms with E-state index in [1.165, 1.54) is 11.8 Å². The van der Waals surface area contributed by atoms with E-state index in [-0.39, 0.29) is 18.4 Å². The third-order valence-corrected chi connectivity index (χ3v) is 7.22. The van der Waals surface area contributed by atoms with E-state index in [4.69, 9.17) is 26.4 Å². The molecule has 1 N–H and O–H groups in total. The van der Waals surface area contributed by atoms with Crippen molar-refractivity contribution in [3.63, 3.8) is 0 Å². The zero-order valence-electron chi connectivity index (χ0n) is 22.3. The summed E-state index contributed by atoms with van der Waals surface area (Å²) in [5, 5.41) is 2.80. The van der Waals surface area contributed by atoms with Gasteiger partial charge in [0.15, 0.2) is 22.4 Å². The standard InChI is InChI=1S/C30H30N2O5S2/c1-5-35-24-12-9-22(10-13-24)31-28(33)18-37-25-14-8-21(16-26(25)36-6-2)17-27-29(34)32(30(38)39-27)23-11-7-19(3)20(4)15-23/h7-17H,5-6,18H2,1-4H3,(H,31,33)/b27-17-. The number of nitrogens with zero attached hydrogens (tertiary/aromatic N) is 1. The van der Waals surface area contributed by atoms with Crippen LogP contribution in [0, 0.1) is 13.8 Å². The highest BCUT2D eigenvalue weighted by Crippen LogP contribution is 2.37. The number of hydrogen-bond donors (Lipinski definition) is 1. The molecule has 2 amide bonds. The molecular formula is C30H30N2O5S2. The monoisotopic (exact) mass is 562 g/mol. The fourth-order valence-electron chi connectivity index (χ4n) is 3.85. The third kappa shape index (κ3) is 6.99. The summed E-state index contributed by atoms with van der Waals surface area (Å²) in [5.74, 6) is 1.17. The number of amides is 2. The van der Waals surface area contributed by atoms with Crippen LogP contribution in [0.15, 0.2) is 65.6 Å². The van der Waals surface area contributed by atoms with Crippen LogP contribution in [0.4, 0.5) is 11.4 Å². The summed E-state index contributed by atoms with van der Waals surface area (Å²) in [7, 11) is 0. The normalized spacial score (nSPS) is 14.1. The van der Waals surface area contributed by atoms with Gasteiger partial charge in [0, 0.05) is 5.69 Å². The van der Waals surface area contributed by atoms with E-state index in [1.54, 1.807) is 47.4 Å². The Bertz CT molecular complexity index is 1420. The molecule has 0 aromatic heterocycles. The molecule has 202 valence electrons. The molecule has 0 saturated carbocycles. The minimum absolute atomic E-state index is 0.169. The van der Waals surface area contributed by atoms with Crippen molar-refractivity contribution >= 4 is 57.6 Å². The minimum Gasteiger partial charge on any atom is -0.494 e. The molecule has 7 nitrogen and oxygen atoms in total. The first-order chi connectivity index (χ1) is 18.8. The maximum absolute atomic E-state index is 13.2. The van der Waals surface area contributed by atoms with Crippen molar-refractivity contribution in [1.82, 2.24) is 0 Å². The van der Waals surface area contributed by atoms with Gasteiger partial charge in [-0.15, -0.1) is 0 Å². The molecule has 0 spiro atoms. The van der Waals surface area contributed by atoms with Crippen molar-refractivity contribution in [3.8, 4) is 17.2 Å². The number of rotatable bonds is 10. The molecule has 0 aliphatic carbocycles. The van der Waals surface area contributed by atoms with Crippen molar-refractivity contribution in [1.29, 1.82) is 0 Å². The van der Waals surface area contributed by atoms with Crippen LogP contribution in [0.1, 0.15) is 30.5 Å². The summed E-state index contributed by atoms with van der Waals surface area (Å²) in [6.45, 7) is 8.61. The number of aryl methyl sites for hydroxylation is 2. The van der Waals surface area contributed by atoms with Gasteiger partial charge in [-0.25, -0.2) is 0 Å². The molecule has 1 saturated heterocycles. The number of carbonyl (C=O) groups excluding carboxylic acids is 2. The van der Waals surface area contributed by atoms with E-state index in [9.17, 15) is 9.59 Å². The van der Waals surface area contributed by atoms with Crippen LogP contribution in [0.5, 0.6) is 17.2 Å². The van der Waals surface area contributed by atoms with Gasteiger partial charge in [0.2, 0.25) is 0 Å². The van der Waals surface area contributed by atoms with Crippen molar-refractivity contribution in [2.45, 2.75) is 27.7 Å². The zero-order valence-corrected chi connectivity index (χ0v) is 23.9. The topological polar surface area (TPSA) is 77.1 Å². The van der Waals surface area contributed by atoms with Gasteiger partial charge >= 0.3 is 0 Å². The Morgan fingerprint density at radius 2 is 1.67 bits per heavy atom. The Labute approximate surface area is 238 Å². The number of thioether (sulfide) groups is 1. The number of benzene rings is 3. The van der Waals surface area contributed by atoms with Gasteiger partial charge in [0.05, 0.1) is 23.8 Å². The van der Waals surface area contributed by atoms with Gasteiger partial charge in [-0.05, 0) is 99.0 Å². The van der Waals surface area contributed by atoms with Gasteiger partial charge in [-0.3, -0.25) is 14.5 Å². The first-order valence-electron chi connectivity index (χ1n) is 12.6. The molecule has 1 aliphatic rings. The summed E-state index contributed by atoms with van der Waals surface area (Å²) < 4.78 is 17.4. The van der Waals surface area contributed by atoms with Crippen molar-refractivity contribution in [2.75, 3.05) is 30.0 Å². The second-order valence-corrected chi connectivity index (χ2v) is 10.4. The third-order valence-electron chi connectivity index (χ3n) is 5.92. The smallest absolute Gasteiger partial charge is 0.270 e. The Morgan fingerprint density at radius 3 is 2.36 bits per heavy atom. The van der Waals surface area contributed by atoms with Crippen LogP contribution in [-0.2, 0) is 9.59 Å². The largest absolute Gasteiger partial charge is 0.494 e. The second kappa shape index (κ2) is 12.8. The van der Waals surface area contributed by atoms with E-state index in [0.717, 1.165) is 28.1 Å². The molecule has 1 heterocycles. The molecule has 1 aliphatic heterocycles. The lowest BCUT2D eigenvalue weighted by Gasteiger charge is -2.16. The second-order valence-electron chi connectivity index (χ2n) is 8.72. The molecule has 39 heavy (non-hydrogen) atoms. The quantitative estimate of drug-likeness (QED) is 0.223. The van der Waals surface area contributed by atoms with Crippen molar-refractivity contribution in [3.05, 3.63) is 82.3 Å². The molecule has 0 radical (unpaired) electrons. The minimum atomic E-state index is -0.305. The molecule has 1 fully saturated rings. The average molecular weight is 563 g/mol. The molecule has 3 aromatic carbocycles. The molecule has 0 unspecified atom stereocenters. The fourth-order valence-corrected chi connectivity index (χ4v) is 5.15. The number of anilines is 2. The van der Waals surface area contributed by atoms with E-state index in [2.05, 4.69) is 5.32 Å². The average Bonchev–Trinajstić information content (AvgIpc) is 3.19. The molecule has 0 bridgehead atoms. The predicted octanol–water partition coefficient (Wildman–Crippen LogP) is 6.52. The molecule has 0 atom stereocenters. The summed E-state index contributed by atoms with van der Waals surface area (Å²) in [4.78, 5) is 27.7. The summed E-state index contributed by atoms with van der Waals surface area (Å²) in [6.07, 6.45) is 1.78. The van der Waals surface area contributed by atoms with E-state index >= 15 is 0 Å². The Kier molecular flexibility index (Phi) is 9.27. The lowest BCUT2D eigenvalue weighted by molar-refractivity contribution is -0.118. The Morgan fingerprint density at radius 1 is 0.923 bits per heavy atom. The maximum Gasteiger partial charge on any atom is 0.270 e. The van der Waals surface area contributed by atoms with Gasteiger partial charge in [-0.2, -0.15) is 0 Å². The van der Waals surface area contributed by atoms with E-state index in [0.29, 0.717) is 39.6 Å². The van der Waals surface area contributed by atoms with Crippen molar-refractivity contribution in [2.24, 2.45) is 0 Å². The van der Waals surface area contributed by atoms with Gasteiger partial charge in [0.1, 0.15) is 5.75 Å². The highest BCUT2D eigenvalue weighted by Gasteiger charge is 2.33. The van der Waals surface area contributed by atoms with Gasteiger partial charge in [0.25, 0.3) is 11.8 Å². The van der Waals surface area contributed by atoms with Gasteiger partial charge < -0.3 is 19.5 Å². The van der Waals surface area contributed by atoms with Crippen LogP contribution < -0.4 is 24.4 Å². The van der Waals surface area contributed by atoms with E-state index in [1.807, 2.05) is 52.0 Å². The zero-order chi connectivity index (χ0) is 27.9. The molecular weight excluding hydrogens is 532 g/mol. The lowest BCUT2D eigenvalue weighted by atomic mass is 10.1. The Balaban J connectivity index is 1.44. The Hall–Kier alpha value is -3.82. The molecule has 3 aromatic rings. The van der Waals surface area contributed by atoms with Crippen LogP contribution in [0.25, 0.3) is 6.08 Å². The van der Waals surface area contributed by atoms with Crippen LogP contribution >= 0.6 is 24.0 Å². The first-order valence-corrected chi connectivity index (χ1v) is 13.8. The van der Waals surface area contributed by atoms with Crippen LogP contribution in [0.3, 0.4) is 0 Å². The first kappa shape index (κ1) is 28.2. The maximum atomic E-state index is 13.2. The van der Waals surface area contributed by atoms with Crippen LogP contribution in [-0.4, -0.2) is 36.0 Å². The summed E-state index contributed by atoms with van der Waals surface area (Å²) in [6, 6.07) is 18.3. The number of hydrogen-bond acceptors (Lipinski definition) is 7. The van der Waals surface area contributed by atoms with Crippen LogP contribution in [0.2, 0.25) is 0 Å². The number of ether oxygens (including phenoxy) is 3. The summed E-state index contributed by atoms with van der Waals surface area (Å²) >= 11 is 6.78. The summed E-state index contributed by atoms with van der Waals surface area (Å²) in [5.41, 5.74) is 4.40. The predicted molar refractivity (Wildman–Crippen MR) is 161 cm³/mol. The highest BCUT2D eigenvalue weighted by atomic mass is 32.2. The number of carbonyl (C=O) groups is 2. The highest BCUT2D eigenvalue weighted by molar-refractivity contribution is 8.27. The fraction of sp³-hybridized carbons (Fsp3) is 0.233. The van der Waals surface area contributed by atoms with E-state index < -0.39 is 0 Å². The molecule has 4 rings (SSSR count). The number of nitrogens with one attached hydrogen (secondary N) is 1. The number of thiocarbonyl (C=S) groups is 1.